The van der Waals surface area contributed by atoms with Gasteiger partial charge < -0.3 is 9.47 Å². The zero-order chi connectivity index (χ0) is 18.4. The first-order valence-electron chi connectivity index (χ1n) is 8.19. The van der Waals surface area contributed by atoms with Crippen molar-refractivity contribution in [3.05, 3.63) is 70.7 Å². The second-order valence-electron chi connectivity index (χ2n) is 5.81. The fourth-order valence-electron chi connectivity index (χ4n) is 2.33. The Labute approximate surface area is 156 Å². The number of thiazole rings is 1. The molecule has 0 aliphatic carbocycles. The summed E-state index contributed by atoms with van der Waals surface area (Å²) in [6.45, 7) is 1.96. The molecule has 134 valence electrons. The van der Waals surface area contributed by atoms with Gasteiger partial charge in [-0.1, -0.05) is 29.8 Å². The number of nitrogens with zero attached hydrogens (tertiary/aromatic N) is 1. The minimum Gasteiger partial charge on any atom is -0.497 e. The Morgan fingerprint density at radius 2 is 1.77 bits per heavy atom. The molecule has 0 aliphatic heterocycles. The number of carbonyl (C=O) groups excluding carboxylic acids is 1. The number of benzene rings is 2. The van der Waals surface area contributed by atoms with E-state index in [1.165, 1.54) is 11.3 Å². The highest BCUT2D eigenvalue weighted by molar-refractivity contribution is 7.15. The van der Waals surface area contributed by atoms with E-state index < -0.39 is 0 Å². The molecular formula is C20H20N2O3S. The normalized spacial score (nSPS) is 10.4. The summed E-state index contributed by atoms with van der Waals surface area (Å²) in [4.78, 5) is 17.3. The Kier molecular flexibility index (Phi) is 5.86. The molecule has 3 aromatic rings. The lowest BCUT2D eigenvalue weighted by Crippen LogP contribution is -2.19. The number of hydrogen-bond acceptors (Lipinski definition) is 5. The van der Waals surface area contributed by atoms with E-state index in [9.17, 15) is 4.79 Å². The number of hydrogen-bond donors (Lipinski definition) is 1. The smallest absolute Gasteiger partial charge is 0.264 e. The molecule has 0 radical (unpaired) electrons. The lowest BCUT2D eigenvalue weighted by molar-refractivity contribution is -0.118. The second kappa shape index (κ2) is 8.49. The number of nitrogens with one attached hydrogen (secondary N) is 1. The van der Waals surface area contributed by atoms with Gasteiger partial charge in [-0.25, -0.2) is 4.98 Å². The molecule has 1 N–H and O–H groups in total. The van der Waals surface area contributed by atoms with E-state index in [1.54, 1.807) is 13.3 Å². The van der Waals surface area contributed by atoms with Crippen molar-refractivity contribution in [3.63, 3.8) is 0 Å². The molecule has 0 aliphatic rings. The number of amides is 1. The minimum absolute atomic E-state index is 0.0452. The van der Waals surface area contributed by atoms with E-state index in [2.05, 4.69) is 10.3 Å². The number of carbonyl (C=O) groups is 1. The summed E-state index contributed by atoms with van der Waals surface area (Å²) in [5.74, 6) is 1.28. The van der Waals surface area contributed by atoms with Crippen molar-refractivity contribution in [1.29, 1.82) is 0 Å². The molecule has 0 saturated carbocycles. The molecule has 26 heavy (non-hydrogen) atoms. The molecule has 1 amide bonds. The van der Waals surface area contributed by atoms with Crippen molar-refractivity contribution in [1.82, 2.24) is 4.98 Å². The van der Waals surface area contributed by atoms with Crippen molar-refractivity contribution in [2.45, 2.75) is 13.3 Å². The van der Waals surface area contributed by atoms with Crippen molar-refractivity contribution in [2.24, 2.45) is 0 Å². The average molecular weight is 368 g/mol. The van der Waals surface area contributed by atoms with Crippen molar-refractivity contribution in [3.8, 4) is 11.5 Å². The van der Waals surface area contributed by atoms with Crippen molar-refractivity contribution >= 4 is 22.4 Å². The highest BCUT2D eigenvalue weighted by Gasteiger charge is 2.08. The fourth-order valence-corrected chi connectivity index (χ4v) is 3.19. The first kappa shape index (κ1) is 17.9. The van der Waals surface area contributed by atoms with Crippen LogP contribution >= 0.6 is 11.3 Å². The monoisotopic (exact) mass is 368 g/mol. The fraction of sp³-hybridized carbons (Fsp3) is 0.200. The maximum atomic E-state index is 12.0. The molecule has 2 aromatic carbocycles. The molecule has 0 bridgehead atoms. The standard InChI is InChI=1S/C20H20N2O3S/c1-14-3-7-17(8-4-14)25-13-19(23)22-20-21-12-18(26-20)11-15-5-9-16(24-2)10-6-15/h3-10,12H,11,13H2,1-2H3,(H,21,22,23). The van der Waals surface area contributed by atoms with Gasteiger partial charge in [-0.05, 0) is 36.8 Å². The van der Waals surface area contributed by atoms with Crippen LogP contribution in [0.15, 0.2) is 54.7 Å². The predicted molar refractivity (Wildman–Crippen MR) is 103 cm³/mol. The van der Waals surface area contributed by atoms with Gasteiger partial charge >= 0.3 is 0 Å². The second-order valence-corrected chi connectivity index (χ2v) is 6.92. The van der Waals surface area contributed by atoms with Crippen LogP contribution in [-0.2, 0) is 11.2 Å². The number of ether oxygens (including phenoxy) is 2. The van der Waals surface area contributed by atoms with E-state index in [-0.39, 0.29) is 12.5 Å². The Balaban J connectivity index is 1.50. The number of rotatable bonds is 7. The summed E-state index contributed by atoms with van der Waals surface area (Å²) in [6.07, 6.45) is 2.54. The highest BCUT2D eigenvalue weighted by atomic mass is 32.1. The first-order chi connectivity index (χ1) is 12.6. The third-order valence-corrected chi connectivity index (χ3v) is 4.64. The van der Waals surface area contributed by atoms with Crippen LogP contribution in [-0.4, -0.2) is 24.6 Å². The highest BCUT2D eigenvalue weighted by Crippen LogP contribution is 2.22. The molecule has 0 saturated heterocycles. The lowest BCUT2D eigenvalue weighted by Gasteiger charge is -2.05. The number of aryl methyl sites for hydroxylation is 1. The predicted octanol–water partition coefficient (Wildman–Crippen LogP) is 4.07. The van der Waals surface area contributed by atoms with E-state index in [0.717, 1.165) is 28.2 Å². The third-order valence-electron chi connectivity index (χ3n) is 3.73. The van der Waals surface area contributed by atoms with Gasteiger partial charge in [-0.2, -0.15) is 0 Å². The van der Waals surface area contributed by atoms with E-state index in [0.29, 0.717) is 10.9 Å². The van der Waals surface area contributed by atoms with Crippen LogP contribution in [0.25, 0.3) is 0 Å². The summed E-state index contributed by atoms with van der Waals surface area (Å²) < 4.78 is 10.6. The van der Waals surface area contributed by atoms with Crippen LogP contribution in [0.4, 0.5) is 5.13 Å². The van der Waals surface area contributed by atoms with Crippen LogP contribution < -0.4 is 14.8 Å². The summed E-state index contributed by atoms with van der Waals surface area (Å²) in [7, 11) is 1.65. The summed E-state index contributed by atoms with van der Waals surface area (Å²) in [5.41, 5.74) is 2.31. The van der Waals surface area contributed by atoms with Crippen LogP contribution in [0.5, 0.6) is 11.5 Å². The van der Waals surface area contributed by atoms with E-state index >= 15 is 0 Å². The maximum Gasteiger partial charge on any atom is 0.264 e. The Morgan fingerprint density at radius 3 is 2.46 bits per heavy atom. The summed E-state index contributed by atoms with van der Waals surface area (Å²) in [5, 5.41) is 3.35. The van der Waals surface area contributed by atoms with Gasteiger partial charge in [-0.3, -0.25) is 10.1 Å². The zero-order valence-electron chi connectivity index (χ0n) is 14.7. The van der Waals surface area contributed by atoms with Gasteiger partial charge in [0, 0.05) is 17.5 Å². The molecule has 6 heteroatoms. The SMILES string of the molecule is COc1ccc(Cc2cnc(NC(=O)COc3ccc(C)cc3)s2)cc1. The molecule has 5 nitrogen and oxygen atoms in total. The molecular weight excluding hydrogens is 348 g/mol. The summed E-state index contributed by atoms with van der Waals surface area (Å²) in [6, 6.07) is 15.5. The first-order valence-corrected chi connectivity index (χ1v) is 9.01. The Morgan fingerprint density at radius 1 is 1.08 bits per heavy atom. The maximum absolute atomic E-state index is 12.0. The zero-order valence-corrected chi connectivity index (χ0v) is 15.5. The van der Waals surface area contributed by atoms with Crippen LogP contribution in [0, 0.1) is 6.92 Å². The average Bonchev–Trinajstić information content (AvgIpc) is 3.08. The van der Waals surface area contributed by atoms with Crippen molar-refractivity contribution in [2.75, 3.05) is 19.0 Å². The lowest BCUT2D eigenvalue weighted by atomic mass is 10.1. The minimum atomic E-state index is -0.226. The van der Waals surface area contributed by atoms with Gasteiger partial charge in [0.25, 0.3) is 5.91 Å². The topological polar surface area (TPSA) is 60.5 Å². The molecule has 0 atom stereocenters. The van der Waals surface area contributed by atoms with Crippen LogP contribution in [0.2, 0.25) is 0 Å². The van der Waals surface area contributed by atoms with Crippen LogP contribution in [0.3, 0.4) is 0 Å². The van der Waals surface area contributed by atoms with Gasteiger partial charge in [0.05, 0.1) is 7.11 Å². The molecule has 0 spiro atoms. The number of anilines is 1. The quantitative estimate of drug-likeness (QED) is 0.683. The largest absolute Gasteiger partial charge is 0.497 e. The molecule has 3 rings (SSSR count). The number of aromatic nitrogens is 1. The molecule has 0 fully saturated rings. The van der Waals surface area contributed by atoms with E-state index in [1.807, 2.05) is 55.5 Å². The van der Waals surface area contributed by atoms with Gasteiger partial charge in [0.2, 0.25) is 0 Å². The summed E-state index contributed by atoms with van der Waals surface area (Å²) >= 11 is 1.46. The van der Waals surface area contributed by atoms with Gasteiger partial charge in [0.15, 0.2) is 11.7 Å². The third kappa shape index (κ3) is 5.07. The van der Waals surface area contributed by atoms with E-state index in [4.69, 9.17) is 9.47 Å². The Bertz CT molecular complexity index is 858. The van der Waals surface area contributed by atoms with Crippen LogP contribution in [0.1, 0.15) is 16.0 Å². The molecule has 1 aromatic heterocycles. The van der Waals surface area contributed by atoms with Crippen molar-refractivity contribution < 1.29 is 14.3 Å². The molecule has 1 heterocycles. The van der Waals surface area contributed by atoms with Gasteiger partial charge in [-0.15, -0.1) is 11.3 Å². The number of methoxy groups -OCH3 is 1. The van der Waals surface area contributed by atoms with Gasteiger partial charge in [0.1, 0.15) is 11.5 Å². The Hall–Kier alpha value is -2.86. The molecule has 0 unspecified atom stereocenters.